The van der Waals surface area contributed by atoms with E-state index in [2.05, 4.69) is 5.32 Å². The number of hydrogen-bond acceptors (Lipinski definition) is 2. The summed E-state index contributed by atoms with van der Waals surface area (Å²) in [6.07, 6.45) is 0. The minimum Gasteiger partial charge on any atom is -0.322 e. The molecule has 0 saturated carbocycles. The van der Waals surface area contributed by atoms with Crippen LogP contribution in [0.1, 0.15) is 12.5 Å². The number of carbonyl (C=O) groups is 1. The molecule has 1 aliphatic rings. The Labute approximate surface area is 95.4 Å². The molecule has 3 N–H and O–H groups in total. The third kappa shape index (κ3) is 2.33. The van der Waals surface area contributed by atoms with E-state index in [4.69, 9.17) is 5.73 Å². The molecule has 0 spiro atoms. The van der Waals surface area contributed by atoms with Crippen LogP contribution < -0.4 is 11.1 Å². The molecular formula is C12H17N3O. The molecule has 2 amide bonds. The molecule has 4 nitrogen and oxygen atoms in total. The second kappa shape index (κ2) is 3.79. The van der Waals surface area contributed by atoms with Crippen LogP contribution in [0.2, 0.25) is 0 Å². The van der Waals surface area contributed by atoms with Gasteiger partial charge in [-0.3, -0.25) is 0 Å². The lowest BCUT2D eigenvalue weighted by Gasteiger charge is -2.45. The number of nitrogens with zero attached hydrogens (tertiary/aromatic N) is 1. The lowest BCUT2D eigenvalue weighted by Crippen LogP contribution is -2.67. The van der Waals surface area contributed by atoms with E-state index in [0.717, 1.165) is 5.69 Å². The van der Waals surface area contributed by atoms with Gasteiger partial charge in [0.1, 0.15) is 0 Å². The van der Waals surface area contributed by atoms with Crippen LogP contribution in [0.25, 0.3) is 0 Å². The van der Waals surface area contributed by atoms with E-state index in [1.54, 1.807) is 4.90 Å². The van der Waals surface area contributed by atoms with Gasteiger partial charge in [0.25, 0.3) is 0 Å². The number of amides is 2. The van der Waals surface area contributed by atoms with Gasteiger partial charge < -0.3 is 16.0 Å². The number of likely N-dealkylation sites (tertiary alicyclic amines) is 1. The number of urea groups is 1. The quantitative estimate of drug-likeness (QED) is 0.753. The van der Waals surface area contributed by atoms with Gasteiger partial charge >= 0.3 is 6.03 Å². The fourth-order valence-electron chi connectivity index (χ4n) is 1.81. The highest BCUT2D eigenvalue weighted by atomic mass is 16.2. The van der Waals surface area contributed by atoms with E-state index in [1.165, 1.54) is 5.56 Å². The minimum atomic E-state index is -0.218. The summed E-state index contributed by atoms with van der Waals surface area (Å²) in [6, 6.07) is 7.66. The molecular weight excluding hydrogens is 202 g/mol. The Morgan fingerprint density at radius 1 is 1.38 bits per heavy atom. The van der Waals surface area contributed by atoms with Crippen molar-refractivity contribution in [3.63, 3.8) is 0 Å². The van der Waals surface area contributed by atoms with Crippen LogP contribution in [0, 0.1) is 6.92 Å². The van der Waals surface area contributed by atoms with Gasteiger partial charge in [-0.25, -0.2) is 4.79 Å². The van der Waals surface area contributed by atoms with Crippen molar-refractivity contribution in [1.29, 1.82) is 0 Å². The largest absolute Gasteiger partial charge is 0.322 e. The normalized spacial score (nSPS) is 17.8. The monoisotopic (exact) mass is 219 g/mol. The Hall–Kier alpha value is -1.55. The van der Waals surface area contributed by atoms with E-state index >= 15 is 0 Å². The van der Waals surface area contributed by atoms with Gasteiger partial charge in [0.05, 0.1) is 0 Å². The predicted octanol–water partition coefficient (Wildman–Crippen LogP) is 1.56. The van der Waals surface area contributed by atoms with Gasteiger partial charge in [-0.2, -0.15) is 0 Å². The van der Waals surface area contributed by atoms with Gasteiger partial charge in [0.15, 0.2) is 0 Å². The summed E-state index contributed by atoms with van der Waals surface area (Å²) in [5.41, 5.74) is 7.62. The average molecular weight is 219 g/mol. The van der Waals surface area contributed by atoms with Gasteiger partial charge in [-0.1, -0.05) is 17.7 Å². The van der Waals surface area contributed by atoms with Crippen molar-refractivity contribution in [2.45, 2.75) is 19.4 Å². The maximum atomic E-state index is 11.7. The molecule has 0 bridgehead atoms. The van der Waals surface area contributed by atoms with Crippen LogP contribution in [-0.4, -0.2) is 29.6 Å². The van der Waals surface area contributed by atoms with Crippen molar-refractivity contribution in [3.8, 4) is 0 Å². The molecule has 0 aromatic heterocycles. The second-order valence-electron chi connectivity index (χ2n) is 4.81. The number of nitrogens with two attached hydrogens (primary N) is 1. The molecule has 0 aliphatic carbocycles. The molecule has 1 heterocycles. The highest BCUT2D eigenvalue weighted by Gasteiger charge is 2.37. The van der Waals surface area contributed by atoms with Crippen LogP contribution in [0.5, 0.6) is 0 Å². The van der Waals surface area contributed by atoms with E-state index in [9.17, 15) is 4.79 Å². The Bertz CT molecular complexity index is 389. The summed E-state index contributed by atoms with van der Waals surface area (Å²) < 4.78 is 0. The number of aryl methyl sites for hydroxylation is 1. The molecule has 1 aromatic rings. The van der Waals surface area contributed by atoms with Gasteiger partial charge in [0, 0.05) is 24.3 Å². The summed E-state index contributed by atoms with van der Waals surface area (Å²) in [6.45, 7) is 5.19. The molecule has 0 radical (unpaired) electrons. The molecule has 1 aliphatic heterocycles. The zero-order chi connectivity index (χ0) is 11.8. The Balaban J connectivity index is 1.91. The summed E-state index contributed by atoms with van der Waals surface area (Å²) in [7, 11) is 0. The smallest absolute Gasteiger partial charge is 0.321 e. The second-order valence-corrected chi connectivity index (χ2v) is 4.81. The number of carbonyl (C=O) groups excluding carboxylic acids is 1. The minimum absolute atomic E-state index is 0.0771. The van der Waals surface area contributed by atoms with Crippen LogP contribution >= 0.6 is 0 Å². The van der Waals surface area contributed by atoms with Gasteiger partial charge in [0.2, 0.25) is 0 Å². The van der Waals surface area contributed by atoms with Crippen LogP contribution in [0.3, 0.4) is 0 Å². The number of nitrogens with one attached hydrogen (secondary N) is 1. The van der Waals surface area contributed by atoms with Gasteiger partial charge in [-0.15, -0.1) is 0 Å². The maximum Gasteiger partial charge on any atom is 0.321 e. The van der Waals surface area contributed by atoms with Crippen LogP contribution in [0.4, 0.5) is 10.5 Å². The lowest BCUT2D eigenvalue weighted by molar-refractivity contribution is 0.117. The molecule has 0 atom stereocenters. The number of anilines is 1. The third-order valence-electron chi connectivity index (χ3n) is 2.69. The summed E-state index contributed by atoms with van der Waals surface area (Å²) >= 11 is 0. The lowest BCUT2D eigenvalue weighted by atomic mass is 9.94. The predicted molar refractivity (Wildman–Crippen MR) is 64.4 cm³/mol. The first-order valence-corrected chi connectivity index (χ1v) is 5.38. The Kier molecular flexibility index (Phi) is 2.59. The van der Waals surface area contributed by atoms with E-state index in [-0.39, 0.29) is 11.6 Å². The van der Waals surface area contributed by atoms with Gasteiger partial charge in [-0.05, 0) is 26.0 Å². The first-order valence-electron chi connectivity index (χ1n) is 5.38. The Morgan fingerprint density at radius 2 is 1.94 bits per heavy atom. The Morgan fingerprint density at radius 3 is 2.44 bits per heavy atom. The molecule has 0 unspecified atom stereocenters. The van der Waals surface area contributed by atoms with Crippen molar-refractivity contribution in [2.24, 2.45) is 5.73 Å². The van der Waals surface area contributed by atoms with Crippen LogP contribution in [-0.2, 0) is 0 Å². The fourth-order valence-corrected chi connectivity index (χ4v) is 1.81. The molecule has 4 heteroatoms. The topological polar surface area (TPSA) is 58.4 Å². The average Bonchev–Trinajstić information content (AvgIpc) is 2.18. The number of rotatable bonds is 1. The van der Waals surface area contributed by atoms with E-state index < -0.39 is 0 Å². The van der Waals surface area contributed by atoms with Crippen molar-refractivity contribution >= 4 is 11.7 Å². The third-order valence-corrected chi connectivity index (χ3v) is 2.69. The van der Waals surface area contributed by atoms with E-state index in [1.807, 2.05) is 38.1 Å². The molecule has 1 fully saturated rings. The first kappa shape index (κ1) is 11.0. The van der Waals surface area contributed by atoms with E-state index in [0.29, 0.717) is 13.1 Å². The summed E-state index contributed by atoms with van der Waals surface area (Å²) in [4.78, 5) is 13.4. The maximum absolute atomic E-state index is 11.7. The SMILES string of the molecule is Cc1ccc(NC(=O)N2CC(C)(N)C2)cc1. The number of hydrogen-bond donors (Lipinski definition) is 2. The van der Waals surface area contributed by atoms with Crippen molar-refractivity contribution in [1.82, 2.24) is 4.90 Å². The van der Waals surface area contributed by atoms with Crippen molar-refractivity contribution < 1.29 is 4.79 Å². The zero-order valence-electron chi connectivity index (χ0n) is 9.66. The molecule has 86 valence electrons. The molecule has 1 saturated heterocycles. The molecule has 1 aromatic carbocycles. The first-order chi connectivity index (χ1) is 7.46. The zero-order valence-corrected chi connectivity index (χ0v) is 9.66. The number of benzene rings is 1. The molecule has 16 heavy (non-hydrogen) atoms. The fraction of sp³-hybridized carbons (Fsp3) is 0.417. The summed E-state index contributed by atoms with van der Waals surface area (Å²) in [5, 5.41) is 2.84. The van der Waals surface area contributed by atoms with Crippen molar-refractivity contribution in [3.05, 3.63) is 29.8 Å². The highest BCUT2D eigenvalue weighted by molar-refractivity contribution is 5.90. The van der Waals surface area contributed by atoms with Crippen LogP contribution in [0.15, 0.2) is 24.3 Å². The highest BCUT2D eigenvalue weighted by Crippen LogP contribution is 2.18. The summed E-state index contributed by atoms with van der Waals surface area (Å²) in [5.74, 6) is 0. The molecule has 2 rings (SSSR count). The standard InChI is InChI=1S/C12H17N3O/c1-9-3-5-10(6-4-9)14-11(16)15-7-12(2,13)8-15/h3-6H,7-8,13H2,1-2H3,(H,14,16). The van der Waals surface area contributed by atoms with Crippen molar-refractivity contribution in [2.75, 3.05) is 18.4 Å².